The summed E-state index contributed by atoms with van der Waals surface area (Å²) in [5.74, 6) is -0.904. The van der Waals surface area contributed by atoms with Crippen molar-refractivity contribution >= 4 is 17.4 Å². The molecule has 0 aromatic heterocycles. The highest BCUT2D eigenvalue weighted by atomic mass is 16.5. The molecule has 1 unspecified atom stereocenters. The van der Waals surface area contributed by atoms with Crippen molar-refractivity contribution in [3.05, 3.63) is 107 Å². The van der Waals surface area contributed by atoms with E-state index in [-0.39, 0.29) is 23.3 Å². The van der Waals surface area contributed by atoms with Gasteiger partial charge in [-0.2, -0.15) is 0 Å². The van der Waals surface area contributed by atoms with E-state index < -0.39 is 17.7 Å². The minimum absolute atomic E-state index is 0.0384. The normalized spacial score (nSPS) is 17.4. The number of benzene rings is 3. The SMILES string of the molecule is CCCOc1cccc(/C(O)=C2\C(=O)C(=O)N(Cc3ccccc3)C2c2ccc(C(C)(C)C)cc2)c1. The standard InChI is InChI=1S/C31H33NO4/c1-5-18-36-25-13-9-12-23(19-25)28(33)26-27(22-14-16-24(17-15-22)31(2,3)4)32(30(35)29(26)34)20-21-10-7-6-8-11-21/h6-17,19,27,33H,5,18,20H2,1-4H3/b28-26+. The first kappa shape index (κ1) is 25.2. The molecule has 36 heavy (non-hydrogen) atoms. The van der Waals surface area contributed by atoms with Crippen LogP contribution >= 0.6 is 0 Å². The molecule has 3 aromatic rings. The number of likely N-dealkylation sites (tertiary alicyclic amines) is 1. The Hall–Kier alpha value is -3.86. The van der Waals surface area contributed by atoms with E-state index in [0.29, 0.717) is 17.9 Å². The Morgan fingerprint density at radius 1 is 0.944 bits per heavy atom. The highest BCUT2D eigenvalue weighted by Crippen LogP contribution is 2.41. The molecular weight excluding hydrogens is 450 g/mol. The van der Waals surface area contributed by atoms with E-state index in [0.717, 1.165) is 23.1 Å². The van der Waals surface area contributed by atoms with Crippen molar-refractivity contribution in [1.82, 2.24) is 4.90 Å². The van der Waals surface area contributed by atoms with Crippen LogP contribution in [0.15, 0.2) is 84.4 Å². The van der Waals surface area contributed by atoms with Gasteiger partial charge in [-0.1, -0.05) is 94.4 Å². The Labute approximate surface area is 213 Å². The van der Waals surface area contributed by atoms with E-state index in [4.69, 9.17) is 4.74 Å². The fourth-order valence-corrected chi connectivity index (χ4v) is 4.44. The molecule has 0 spiro atoms. The van der Waals surface area contributed by atoms with Gasteiger partial charge in [-0.15, -0.1) is 0 Å². The number of aliphatic hydroxyl groups excluding tert-OH is 1. The summed E-state index contributed by atoms with van der Waals surface area (Å²) in [6.45, 7) is 9.23. The van der Waals surface area contributed by atoms with Crippen LogP contribution in [0.5, 0.6) is 5.75 Å². The van der Waals surface area contributed by atoms with Gasteiger partial charge in [0.25, 0.3) is 11.7 Å². The van der Waals surface area contributed by atoms with E-state index in [1.165, 1.54) is 0 Å². The maximum Gasteiger partial charge on any atom is 0.295 e. The van der Waals surface area contributed by atoms with E-state index in [1.807, 2.05) is 67.6 Å². The predicted octanol–water partition coefficient (Wildman–Crippen LogP) is 6.39. The number of hydrogen-bond acceptors (Lipinski definition) is 4. The van der Waals surface area contributed by atoms with Gasteiger partial charge in [-0.05, 0) is 40.7 Å². The first-order chi connectivity index (χ1) is 17.2. The van der Waals surface area contributed by atoms with E-state index in [2.05, 4.69) is 20.8 Å². The number of rotatable bonds is 7. The van der Waals surface area contributed by atoms with Crippen molar-refractivity contribution < 1.29 is 19.4 Å². The first-order valence-electron chi connectivity index (χ1n) is 12.4. The van der Waals surface area contributed by atoms with Gasteiger partial charge in [0.1, 0.15) is 11.5 Å². The molecule has 1 N–H and O–H groups in total. The lowest BCUT2D eigenvalue weighted by Crippen LogP contribution is -2.29. The second-order valence-corrected chi connectivity index (χ2v) is 10.2. The van der Waals surface area contributed by atoms with Crippen LogP contribution in [0.4, 0.5) is 0 Å². The Bertz CT molecular complexity index is 1270. The van der Waals surface area contributed by atoms with Crippen LogP contribution in [0, 0.1) is 0 Å². The van der Waals surface area contributed by atoms with Crippen LogP contribution in [0.1, 0.15) is 62.4 Å². The summed E-state index contributed by atoms with van der Waals surface area (Å²) in [5, 5.41) is 11.4. The van der Waals surface area contributed by atoms with Crippen molar-refractivity contribution in [3.63, 3.8) is 0 Å². The molecule has 5 nitrogen and oxygen atoms in total. The molecule has 1 aliphatic heterocycles. The molecule has 1 fully saturated rings. The average Bonchev–Trinajstić information content (AvgIpc) is 3.12. The fraction of sp³-hybridized carbons (Fsp3) is 0.290. The molecule has 1 aliphatic rings. The van der Waals surface area contributed by atoms with Crippen molar-refractivity contribution in [1.29, 1.82) is 0 Å². The molecule has 186 valence electrons. The molecule has 0 saturated carbocycles. The van der Waals surface area contributed by atoms with Crippen LogP contribution < -0.4 is 4.74 Å². The predicted molar refractivity (Wildman–Crippen MR) is 142 cm³/mol. The van der Waals surface area contributed by atoms with Crippen LogP contribution in [0.2, 0.25) is 0 Å². The number of carbonyl (C=O) groups is 2. The monoisotopic (exact) mass is 483 g/mol. The third kappa shape index (κ3) is 5.20. The summed E-state index contributed by atoms with van der Waals surface area (Å²) in [4.78, 5) is 28.2. The summed E-state index contributed by atoms with van der Waals surface area (Å²) in [6.07, 6.45) is 0.853. The maximum absolute atomic E-state index is 13.3. The van der Waals surface area contributed by atoms with Crippen molar-refractivity contribution in [2.24, 2.45) is 0 Å². The molecular formula is C31H33NO4. The van der Waals surface area contributed by atoms with Gasteiger partial charge < -0.3 is 14.7 Å². The first-order valence-corrected chi connectivity index (χ1v) is 12.4. The fourth-order valence-electron chi connectivity index (χ4n) is 4.44. The molecule has 1 amide bonds. The van der Waals surface area contributed by atoms with Crippen LogP contribution in [0.25, 0.3) is 5.76 Å². The van der Waals surface area contributed by atoms with Gasteiger partial charge in [0, 0.05) is 12.1 Å². The smallest absolute Gasteiger partial charge is 0.295 e. The second-order valence-electron chi connectivity index (χ2n) is 10.2. The van der Waals surface area contributed by atoms with Gasteiger partial charge >= 0.3 is 0 Å². The lowest BCUT2D eigenvalue weighted by molar-refractivity contribution is -0.140. The zero-order valence-electron chi connectivity index (χ0n) is 21.3. The Morgan fingerprint density at radius 2 is 1.64 bits per heavy atom. The van der Waals surface area contributed by atoms with Crippen LogP contribution in [-0.4, -0.2) is 28.3 Å². The Balaban J connectivity index is 1.82. The number of nitrogens with zero attached hydrogens (tertiary/aromatic N) is 1. The van der Waals surface area contributed by atoms with Gasteiger partial charge in [-0.3, -0.25) is 9.59 Å². The third-order valence-corrected chi connectivity index (χ3v) is 6.41. The molecule has 0 radical (unpaired) electrons. The van der Waals surface area contributed by atoms with Crippen LogP contribution in [-0.2, 0) is 21.5 Å². The number of aliphatic hydroxyl groups is 1. The van der Waals surface area contributed by atoms with Crippen molar-refractivity contribution in [3.8, 4) is 5.75 Å². The second kappa shape index (κ2) is 10.4. The van der Waals surface area contributed by atoms with E-state index >= 15 is 0 Å². The number of ether oxygens (including phenoxy) is 1. The summed E-state index contributed by atoms with van der Waals surface area (Å²) in [7, 11) is 0. The minimum Gasteiger partial charge on any atom is -0.507 e. The maximum atomic E-state index is 13.3. The Kier molecular flexibility index (Phi) is 7.30. The lowest BCUT2D eigenvalue weighted by atomic mass is 9.85. The van der Waals surface area contributed by atoms with Crippen LogP contribution in [0.3, 0.4) is 0 Å². The molecule has 0 aliphatic carbocycles. The molecule has 5 heteroatoms. The minimum atomic E-state index is -0.709. The van der Waals surface area contributed by atoms with Gasteiger partial charge in [0.05, 0.1) is 18.2 Å². The molecule has 4 rings (SSSR count). The van der Waals surface area contributed by atoms with Crippen molar-refractivity contribution in [2.75, 3.05) is 6.61 Å². The van der Waals surface area contributed by atoms with Gasteiger partial charge in [-0.25, -0.2) is 0 Å². The summed E-state index contributed by atoms with van der Waals surface area (Å²) < 4.78 is 5.72. The quantitative estimate of drug-likeness (QED) is 0.240. The van der Waals surface area contributed by atoms with Gasteiger partial charge in [0.2, 0.25) is 0 Å². The highest BCUT2D eigenvalue weighted by molar-refractivity contribution is 6.46. The summed E-state index contributed by atoms with van der Waals surface area (Å²) in [5.41, 5.74) is 3.32. The van der Waals surface area contributed by atoms with E-state index in [1.54, 1.807) is 23.1 Å². The zero-order chi connectivity index (χ0) is 25.9. The largest absolute Gasteiger partial charge is 0.507 e. The van der Waals surface area contributed by atoms with Gasteiger partial charge in [0.15, 0.2) is 0 Å². The highest BCUT2D eigenvalue weighted by Gasteiger charge is 2.46. The average molecular weight is 484 g/mol. The number of Topliss-reactive ketones (excluding diaryl/α,β-unsaturated/α-hetero) is 1. The number of carbonyl (C=O) groups excluding carboxylic acids is 2. The molecule has 1 atom stereocenters. The van der Waals surface area contributed by atoms with E-state index in [9.17, 15) is 14.7 Å². The summed E-state index contributed by atoms with van der Waals surface area (Å²) >= 11 is 0. The molecule has 0 bridgehead atoms. The molecule has 3 aromatic carbocycles. The summed E-state index contributed by atoms with van der Waals surface area (Å²) in [6, 6.07) is 23.8. The number of hydrogen-bond donors (Lipinski definition) is 1. The lowest BCUT2D eigenvalue weighted by Gasteiger charge is -2.26. The number of ketones is 1. The third-order valence-electron chi connectivity index (χ3n) is 6.41. The number of amides is 1. The van der Waals surface area contributed by atoms with Crippen molar-refractivity contribution in [2.45, 2.75) is 52.1 Å². The topological polar surface area (TPSA) is 66.8 Å². The Morgan fingerprint density at radius 3 is 2.28 bits per heavy atom. The zero-order valence-corrected chi connectivity index (χ0v) is 21.3. The molecule has 1 heterocycles. The molecule has 1 saturated heterocycles.